The minimum absolute atomic E-state index is 0.189. The quantitative estimate of drug-likeness (QED) is 0.651. The molecule has 132 valence electrons. The second-order valence-electron chi connectivity index (χ2n) is 6.00. The fraction of sp³-hybridized carbons (Fsp3) is 0.158. The molecule has 4 nitrogen and oxygen atoms in total. The van der Waals surface area contributed by atoms with Crippen LogP contribution >= 0.6 is 27.7 Å². The van der Waals surface area contributed by atoms with Crippen LogP contribution in [-0.4, -0.2) is 21.4 Å². The lowest BCUT2D eigenvalue weighted by molar-refractivity contribution is 0.0935. The highest BCUT2D eigenvalue weighted by Gasteiger charge is 2.24. The van der Waals surface area contributed by atoms with E-state index in [0.717, 1.165) is 32.8 Å². The minimum atomic E-state index is -0.284. The number of hydrogen-bond donors (Lipinski definition) is 1. The lowest BCUT2D eigenvalue weighted by Crippen LogP contribution is -2.30. The monoisotopic (exact) mass is 431 g/mol. The van der Waals surface area contributed by atoms with E-state index >= 15 is 0 Å². The zero-order chi connectivity index (χ0) is 18.1. The van der Waals surface area contributed by atoms with Crippen molar-refractivity contribution < 1.29 is 9.18 Å². The number of nitrogens with one attached hydrogen (secondary N) is 1. The molecule has 4 rings (SSSR count). The summed E-state index contributed by atoms with van der Waals surface area (Å²) >= 11 is 5.09. The Labute approximate surface area is 162 Å². The Balaban J connectivity index is 1.53. The molecule has 0 radical (unpaired) electrons. The van der Waals surface area contributed by atoms with Crippen LogP contribution in [0.4, 0.5) is 4.39 Å². The second-order valence-corrected chi connectivity index (χ2v) is 8.05. The molecule has 1 aromatic heterocycles. The van der Waals surface area contributed by atoms with Gasteiger partial charge in [0.15, 0.2) is 0 Å². The number of halogens is 2. The van der Waals surface area contributed by atoms with Crippen LogP contribution in [0.5, 0.6) is 0 Å². The highest BCUT2D eigenvalue weighted by Crippen LogP contribution is 2.36. The van der Waals surface area contributed by atoms with E-state index in [0.29, 0.717) is 5.56 Å². The van der Waals surface area contributed by atoms with Crippen molar-refractivity contribution in [3.63, 3.8) is 0 Å². The van der Waals surface area contributed by atoms with Gasteiger partial charge in [-0.3, -0.25) is 4.79 Å². The number of hydrogen-bond acceptors (Lipinski definition) is 3. The lowest BCUT2D eigenvalue weighted by Gasteiger charge is -2.25. The van der Waals surface area contributed by atoms with Crippen molar-refractivity contribution in [1.29, 1.82) is 0 Å². The van der Waals surface area contributed by atoms with Gasteiger partial charge in [-0.05, 0) is 54.4 Å². The second kappa shape index (κ2) is 7.25. The van der Waals surface area contributed by atoms with E-state index in [2.05, 4.69) is 26.3 Å². The van der Waals surface area contributed by atoms with E-state index in [-0.39, 0.29) is 17.8 Å². The van der Waals surface area contributed by atoms with E-state index in [4.69, 9.17) is 0 Å². The highest BCUT2D eigenvalue weighted by atomic mass is 79.9. The third-order valence-corrected chi connectivity index (χ3v) is 5.90. The Morgan fingerprint density at radius 2 is 2.08 bits per heavy atom. The molecule has 0 fully saturated rings. The molecule has 1 N–H and O–H groups in total. The summed E-state index contributed by atoms with van der Waals surface area (Å²) in [7, 11) is 0. The van der Waals surface area contributed by atoms with Gasteiger partial charge >= 0.3 is 0 Å². The van der Waals surface area contributed by atoms with E-state index in [9.17, 15) is 9.18 Å². The topological polar surface area (TPSA) is 46.9 Å². The van der Waals surface area contributed by atoms with Crippen LogP contribution in [0.25, 0.3) is 5.69 Å². The largest absolute Gasteiger partial charge is 0.345 e. The van der Waals surface area contributed by atoms with Gasteiger partial charge in [0.05, 0.1) is 23.5 Å². The number of thioether (sulfide) groups is 1. The Bertz CT molecular complexity index is 958. The van der Waals surface area contributed by atoms with Crippen LogP contribution in [0, 0.1) is 5.82 Å². The zero-order valence-corrected chi connectivity index (χ0v) is 16.1. The number of aromatic nitrogens is 2. The van der Waals surface area contributed by atoms with Gasteiger partial charge in [0.25, 0.3) is 5.91 Å². The van der Waals surface area contributed by atoms with Crippen LogP contribution in [0.3, 0.4) is 0 Å². The van der Waals surface area contributed by atoms with Gasteiger partial charge in [-0.2, -0.15) is 5.10 Å². The van der Waals surface area contributed by atoms with Gasteiger partial charge in [0.1, 0.15) is 5.82 Å². The standard InChI is InChI=1S/C19H15BrFN3OS/c20-13-1-4-15(5-2-13)24-11-12(10-22-24)19(25)23-17-7-8-26-18-6-3-14(21)9-16(17)18/h1-6,9-11,17H,7-8H2,(H,23,25). The van der Waals surface area contributed by atoms with Gasteiger partial charge in [-0.15, -0.1) is 11.8 Å². The van der Waals surface area contributed by atoms with E-state index in [1.165, 1.54) is 12.1 Å². The molecule has 2 aromatic carbocycles. The molecule has 7 heteroatoms. The summed E-state index contributed by atoms with van der Waals surface area (Å²) in [5, 5.41) is 7.28. The fourth-order valence-electron chi connectivity index (χ4n) is 2.93. The number of carbonyl (C=O) groups is 1. The van der Waals surface area contributed by atoms with Crippen molar-refractivity contribution in [3.05, 3.63) is 76.3 Å². The molecular weight excluding hydrogens is 417 g/mol. The first-order valence-corrected chi connectivity index (χ1v) is 9.92. The Hall–Kier alpha value is -2.12. The first kappa shape index (κ1) is 17.3. The molecule has 0 saturated carbocycles. The maximum atomic E-state index is 13.6. The molecule has 0 saturated heterocycles. The van der Waals surface area contributed by atoms with Gasteiger partial charge in [-0.25, -0.2) is 9.07 Å². The highest BCUT2D eigenvalue weighted by molar-refractivity contribution is 9.10. The molecule has 3 aromatic rings. The molecule has 0 aliphatic carbocycles. The fourth-order valence-corrected chi connectivity index (χ4v) is 4.30. The number of rotatable bonds is 3. The van der Waals surface area contributed by atoms with Crippen LogP contribution in [0.2, 0.25) is 0 Å². The molecule has 0 spiro atoms. The zero-order valence-electron chi connectivity index (χ0n) is 13.7. The maximum absolute atomic E-state index is 13.6. The Morgan fingerprint density at radius 3 is 2.88 bits per heavy atom. The minimum Gasteiger partial charge on any atom is -0.345 e. The van der Waals surface area contributed by atoms with E-state index in [1.54, 1.807) is 34.9 Å². The third-order valence-electron chi connectivity index (χ3n) is 4.25. The molecule has 26 heavy (non-hydrogen) atoms. The van der Waals surface area contributed by atoms with E-state index in [1.807, 2.05) is 24.3 Å². The molecule has 1 aliphatic rings. The van der Waals surface area contributed by atoms with Crippen molar-refractivity contribution in [3.8, 4) is 5.69 Å². The molecule has 1 amide bonds. The average Bonchev–Trinajstić information content (AvgIpc) is 3.13. The summed E-state index contributed by atoms with van der Waals surface area (Å²) in [6.07, 6.45) is 4.01. The number of nitrogens with zero attached hydrogens (tertiary/aromatic N) is 2. The molecule has 0 bridgehead atoms. The first-order chi connectivity index (χ1) is 12.6. The molecule has 1 atom stereocenters. The molecule has 2 heterocycles. The summed E-state index contributed by atoms with van der Waals surface area (Å²) in [6.45, 7) is 0. The number of benzene rings is 2. The smallest absolute Gasteiger partial charge is 0.254 e. The van der Waals surface area contributed by atoms with Crippen molar-refractivity contribution in [2.75, 3.05) is 5.75 Å². The lowest BCUT2D eigenvalue weighted by atomic mass is 10.0. The predicted octanol–water partition coefficient (Wildman–Crippen LogP) is 4.74. The van der Waals surface area contributed by atoms with E-state index < -0.39 is 0 Å². The van der Waals surface area contributed by atoms with Gasteiger partial charge < -0.3 is 5.32 Å². The maximum Gasteiger partial charge on any atom is 0.254 e. The van der Waals surface area contributed by atoms with Crippen molar-refractivity contribution in [2.24, 2.45) is 0 Å². The third kappa shape index (κ3) is 3.54. The van der Waals surface area contributed by atoms with Gasteiger partial charge in [0.2, 0.25) is 0 Å². The molecule has 1 unspecified atom stereocenters. The Morgan fingerprint density at radius 1 is 1.27 bits per heavy atom. The predicted molar refractivity (Wildman–Crippen MR) is 103 cm³/mol. The van der Waals surface area contributed by atoms with Crippen molar-refractivity contribution in [2.45, 2.75) is 17.4 Å². The van der Waals surface area contributed by atoms with Crippen molar-refractivity contribution in [1.82, 2.24) is 15.1 Å². The summed E-state index contributed by atoms with van der Waals surface area (Å²) in [5.74, 6) is 0.399. The van der Waals surface area contributed by atoms with Crippen LogP contribution in [0.1, 0.15) is 28.4 Å². The first-order valence-electron chi connectivity index (χ1n) is 8.14. The van der Waals surface area contributed by atoms with Crippen LogP contribution in [-0.2, 0) is 0 Å². The normalized spacial score (nSPS) is 16.2. The number of carbonyl (C=O) groups excluding carboxylic acids is 1. The van der Waals surface area contributed by atoms with Crippen LogP contribution in [0.15, 0.2) is 64.2 Å². The molecular formula is C19H15BrFN3OS. The number of fused-ring (bicyclic) bond motifs is 1. The summed E-state index contributed by atoms with van der Waals surface area (Å²) in [4.78, 5) is 13.7. The summed E-state index contributed by atoms with van der Waals surface area (Å²) < 4.78 is 16.2. The molecule has 1 aliphatic heterocycles. The Kier molecular flexibility index (Phi) is 4.82. The number of amides is 1. The van der Waals surface area contributed by atoms with Gasteiger partial charge in [-0.1, -0.05) is 15.9 Å². The summed E-state index contributed by atoms with van der Waals surface area (Å²) in [5.41, 5.74) is 2.19. The van der Waals surface area contributed by atoms with Crippen molar-refractivity contribution >= 4 is 33.6 Å². The van der Waals surface area contributed by atoms with Crippen LogP contribution < -0.4 is 5.32 Å². The SMILES string of the molecule is O=C(NC1CCSc2ccc(F)cc21)c1cnn(-c2ccc(Br)cc2)c1. The summed E-state index contributed by atoms with van der Waals surface area (Å²) in [6, 6.07) is 12.2. The van der Waals surface area contributed by atoms with Gasteiger partial charge in [0, 0.05) is 21.3 Å². The average molecular weight is 432 g/mol.